The van der Waals surface area contributed by atoms with Crippen LogP contribution in [0.15, 0.2) is 124 Å². The van der Waals surface area contributed by atoms with E-state index in [1.54, 1.807) is 54.6 Å². The van der Waals surface area contributed by atoms with Gasteiger partial charge in [0, 0.05) is 21.3 Å². The highest BCUT2D eigenvalue weighted by atomic mass is 35.5. The van der Waals surface area contributed by atoms with Crippen LogP contribution in [-0.4, -0.2) is 20.2 Å². The molecule has 0 saturated heterocycles. The molecule has 0 unspecified atom stereocenters. The monoisotopic (exact) mass is 579 g/mol. The van der Waals surface area contributed by atoms with Gasteiger partial charge in [0.05, 0.1) is 10.6 Å². The summed E-state index contributed by atoms with van der Waals surface area (Å²) in [6.45, 7) is 0. The zero-order valence-electron chi connectivity index (χ0n) is 20.0. The lowest BCUT2D eigenvalue weighted by molar-refractivity contribution is -0.120. The second-order valence-corrected chi connectivity index (χ2v) is 11.5. The number of amides is 2. The van der Waals surface area contributed by atoms with Gasteiger partial charge in [0.15, 0.2) is 0 Å². The first-order valence-corrected chi connectivity index (χ1v) is 14.2. The SMILES string of the molecule is O=C1C(Nc2ccc(F)cc2)=C(Sc2cccc(NS(=O)(=O)c3ccc(Cl)cc3)c2)C(=O)N1c1ccccc1. The molecule has 4 aromatic rings. The molecule has 0 atom stereocenters. The van der Waals surface area contributed by atoms with Crippen molar-refractivity contribution in [1.29, 1.82) is 0 Å². The summed E-state index contributed by atoms with van der Waals surface area (Å²) < 4.78 is 41.6. The van der Waals surface area contributed by atoms with E-state index in [-0.39, 0.29) is 21.2 Å². The Morgan fingerprint density at radius 2 is 1.46 bits per heavy atom. The molecule has 0 fully saturated rings. The normalized spacial score (nSPS) is 13.6. The van der Waals surface area contributed by atoms with Gasteiger partial charge in [-0.05, 0) is 78.9 Å². The number of nitrogens with zero attached hydrogens (tertiary/aromatic N) is 1. The third-order valence-electron chi connectivity index (χ3n) is 5.60. The van der Waals surface area contributed by atoms with Crippen LogP contribution in [0.5, 0.6) is 0 Å². The quantitative estimate of drug-likeness (QED) is 0.239. The summed E-state index contributed by atoms with van der Waals surface area (Å²) >= 11 is 6.87. The molecular formula is C28H19ClFN3O4S2. The smallest absolute Gasteiger partial charge is 0.283 e. The summed E-state index contributed by atoms with van der Waals surface area (Å²) in [5.41, 5.74) is 1.10. The number of rotatable bonds is 8. The average molecular weight is 580 g/mol. The largest absolute Gasteiger partial charge is 0.350 e. The van der Waals surface area contributed by atoms with E-state index in [1.807, 2.05) is 0 Å². The molecule has 0 bridgehead atoms. The van der Waals surface area contributed by atoms with Crippen molar-refractivity contribution in [2.75, 3.05) is 14.9 Å². The fourth-order valence-corrected chi connectivity index (χ4v) is 5.94. The molecule has 1 aliphatic heterocycles. The van der Waals surface area contributed by atoms with E-state index in [4.69, 9.17) is 11.6 Å². The van der Waals surface area contributed by atoms with E-state index < -0.39 is 27.7 Å². The molecule has 0 aromatic heterocycles. The van der Waals surface area contributed by atoms with Crippen molar-refractivity contribution < 1.29 is 22.4 Å². The molecule has 11 heteroatoms. The van der Waals surface area contributed by atoms with Gasteiger partial charge >= 0.3 is 0 Å². The maximum absolute atomic E-state index is 13.5. The van der Waals surface area contributed by atoms with Crippen LogP contribution < -0.4 is 14.9 Å². The van der Waals surface area contributed by atoms with Gasteiger partial charge in [-0.2, -0.15) is 0 Å². The van der Waals surface area contributed by atoms with Gasteiger partial charge in [-0.15, -0.1) is 0 Å². The van der Waals surface area contributed by atoms with Gasteiger partial charge in [0.1, 0.15) is 16.4 Å². The minimum Gasteiger partial charge on any atom is -0.350 e. The van der Waals surface area contributed by atoms with Crippen LogP contribution in [0.4, 0.5) is 21.5 Å². The average Bonchev–Trinajstić information content (AvgIpc) is 3.14. The van der Waals surface area contributed by atoms with Crippen molar-refractivity contribution in [2.45, 2.75) is 9.79 Å². The minimum atomic E-state index is -3.90. The molecule has 7 nitrogen and oxygen atoms in total. The van der Waals surface area contributed by atoms with Crippen LogP contribution in [0.3, 0.4) is 0 Å². The molecule has 0 aliphatic carbocycles. The van der Waals surface area contributed by atoms with Gasteiger partial charge in [-0.1, -0.05) is 47.6 Å². The molecule has 2 amide bonds. The Morgan fingerprint density at radius 3 is 2.15 bits per heavy atom. The first kappa shape index (κ1) is 26.5. The number of para-hydroxylation sites is 1. The van der Waals surface area contributed by atoms with Gasteiger partial charge in [0.25, 0.3) is 21.8 Å². The van der Waals surface area contributed by atoms with Gasteiger partial charge < -0.3 is 5.32 Å². The maximum Gasteiger partial charge on any atom is 0.283 e. The van der Waals surface area contributed by atoms with Gasteiger partial charge in [-0.25, -0.2) is 17.7 Å². The Balaban J connectivity index is 1.46. The van der Waals surface area contributed by atoms with Crippen molar-refractivity contribution in [2.24, 2.45) is 0 Å². The molecule has 2 N–H and O–H groups in total. The number of anilines is 3. The molecule has 1 aliphatic rings. The van der Waals surface area contributed by atoms with Crippen LogP contribution in [0.25, 0.3) is 0 Å². The van der Waals surface area contributed by atoms with Crippen LogP contribution in [0.1, 0.15) is 0 Å². The third-order valence-corrected chi connectivity index (χ3v) is 8.32. The van der Waals surface area contributed by atoms with E-state index in [0.717, 1.165) is 16.7 Å². The van der Waals surface area contributed by atoms with E-state index in [9.17, 15) is 22.4 Å². The Bertz CT molecular complexity index is 1700. The van der Waals surface area contributed by atoms with Crippen molar-refractivity contribution in [1.82, 2.24) is 0 Å². The number of imide groups is 1. The molecule has 0 saturated carbocycles. The van der Waals surface area contributed by atoms with Gasteiger partial charge in [-0.3, -0.25) is 14.3 Å². The Labute approximate surface area is 233 Å². The predicted octanol–water partition coefficient (Wildman–Crippen LogP) is 6.27. The molecule has 4 aromatic carbocycles. The Hall–Kier alpha value is -4.12. The van der Waals surface area contributed by atoms with Crippen molar-refractivity contribution in [3.8, 4) is 0 Å². The van der Waals surface area contributed by atoms with Crippen molar-refractivity contribution >= 4 is 62.3 Å². The fraction of sp³-hybridized carbons (Fsp3) is 0. The summed E-state index contributed by atoms with van der Waals surface area (Å²) in [6, 6.07) is 26.1. The number of sulfonamides is 1. The molecule has 0 radical (unpaired) electrons. The first-order chi connectivity index (χ1) is 18.7. The van der Waals surface area contributed by atoms with Crippen LogP contribution >= 0.6 is 23.4 Å². The second-order valence-electron chi connectivity index (χ2n) is 8.31. The van der Waals surface area contributed by atoms with Crippen LogP contribution in [-0.2, 0) is 19.6 Å². The van der Waals surface area contributed by atoms with Crippen molar-refractivity contribution in [3.63, 3.8) is 0 Å². The number of benzene rings is 4. The lowest BCUT2D eigenvalue weighted by Crippen LogP contribution is -2.32. The third kappa shape index (κ3) is 5.83. The summed E-state index contributed by atoms with van der Waals surface area (Å²) in [6.07, 6.45) is 0. The maximum atomic E-state index is 13.5. The summed E-state index contributed by atoms with van der Waals surface area (Å²) in [5, 5.41) is 3.36. The van der Waals surface area contributed by atoms with E-state index in [1.165, 1.54) is 48.5 Å². The number of hydrogen-bond acceptors (Lipinski definition) is 6. The highest BCUT2D eigenvalue weighted by Crippen LogP contribution is 2.38. The van der Waals surface area contributed by atoms with Crippen molar-refractivity contribution in [3.05, 3.63) is 125 Å². The van der Waals surface area contributed by atoms with Gasteiger partial charge in [0.2, 0.25) is 0 Å². The summed E-state index contributed by atoms with van der Waals surface area (Å²) in [7, 11) is -3.90. The predicted molar refractivity (Wildman–Crippen MR) is 151 cm³/mol. The topological polar surface area (TPSA) is 95.6 Å². The minimum absolute atomic E-state index is 0.0209. The van der Waals surface area contributed by atoms with Crippen LogP contribution in [0.2, 0.25) is 5.02 Å². The number of halogens is 2. The molecule has 0 spiro atoms. The highest BCUT2D eigenvalue weighted by molar-refractivity contribution is 8.04. The van der Waals surface area contributed by atoms with Crippen LogP contribution in [0, 0.1) is 5.82 Å². The Morgan fingerprint density at radius 1 is 0.769 bits per heavy atom. The molecule has 1 heterocycles. The van der Waals surface area contributed by atoms with E-state index in [0.29, 0.717) is 21.3 Å². The fourth-order valence-electron chi connectivity index (χ4n) is 3.77. The zero-order chi connectivity index (χ0) is 27.6. The molecule has 196 valence electrons. The standard InChI is InChI=1S/C28H19ClFN3O4S2/c29-18-9-15-24(16-10-18)39(36,37)32-21-5-4-8-23(17-21)38-26-25(31-20-13-11-19(30)12-14-20)27(34)33(28(26)35)22-6-2-1-3-7-22/h1-17,31-32H. The summed E-state index contributed by atoms with van der Waals surface area (Å²) in [4.78, 5) is 28.6. The van der Waals surface area contributed by atoms with E-state index in [2.05, 4.69) is 10.0 Å². The second kappa shape index (κ2) is 10.9. The first-order valence-electron chi connectivity index (χ1n) is 11.5. The van der Waals surface area contributed by atoms with E-state index >= 15 is 0 Å². The number of carbonyl (C=O) groups excluding carboxylic acids is 2. The number of carbonyl (C=O) groups is 2. The molecule has 5 rings (SSSR count). The highest BCUT2D eigenvalue weighted by Gasteiger charge is 2.40. The lowest BCUT2D eigenvalue weighted by atomic mass is 10.3. The molecule has 39 heavy (non-hydrogen) atoms. The lowest BCUT2D eigenvalue weighted by Gasteiger charge is -2.15. The number of nitrogens with one attached hydrogen (secondary N) is 2. The summed E-state index contributed by atoms with van der Waals surface area (Å²) in [5.74, 6) is -1.56. The number of thioether (sulfide) groups is 1. The Kier molecular flexibility index (Phi) is 7.42. The zero-order valence-corrected chi connectivity index (χ0v) is 22.4. The number of hydrogen-bond donors (Lipinski definition) is 2. The molecular weight excluding hydrogens is 561 g/mol.